The third-order valence-electron chi connectivity index (χ3n) is 5.80. The van der Waals surface area contributed by atoms with Crippen molar-refractivity contribution >= 4 is 38.3 Å². The molecule has 0 atom stereocenters. The smallest absolute Gasteiger partial charge is 0.343 e. The fourth-order valence-corrected chi connectivity index (χ4v) is 5.36. The summed E-state index contributed by atoms with van der Waals surface area (Å²) in [4.78, 5) is 26.5. The van der Waals surface area contributed by atoms with Gasteiger partial charge < -0.3 is 4.74 Å². The van der Waals surface area contributed by atoms with Crippen LogP contribution in [0, 0.1) is 5.82 Å². The summed E-state index contributed by atoms with van der Waals surface area (Å²) in [6, 6.07) is 23.2. The molecule has 4 aromatic rings. The average Bonchev–Trinajstić information content (AvgIpc) is 2.87. The number of hydrogen-bond donors (Lipinski definition) is 0. The molecule has 35 heavy (non-hydrogen) atoms. The molecule has 0 saturated heterocycles. The van der Waals surface area contributed by atoms with Crippen LogP contribution in [-0.4, -0.2) is 31.5 Å². The summed E-state index contributed by atoms with van der Waals surface area (Å²) < 4.78 is 46.3. The van der Waals surface area contributed by atoms with E-state index in [9.17, 15) is 22.4 Å². The second-order valence-corrected chi connectivity index (χ2v) is 9.87. The summed E-state index contributed by atoms with van der Waals surface area (Å²) in [5.74, 6) is -2.20. The number of ether oxygens (including phenoxy) is 1. The van der Waals surface area contributed by atoms with Gasteiger partial charge in [0.25, 0.3) is 10.0 Å². The molecular weight excluding hydrogens is 469 g/mol. The highest BCUT2D eigenvalue weighted by atomic mass is 32.2. The maximum Gasteiger partial charge on any atom is 0.343 e. The molecule has 1 heterocycles. The standard InChI is InChI=1S/C27H18FNO5S/c1-29-24(25(30)20-11-10-17-6-2-3-7-19(17)16-20)26(22-8-4-5-9-23(22)35(29,32)33)34-27(31)18-12-14-21(28)15-13-18/h2-16H,1H3. The Morgan fingerprint density at radius 1 is 0.800 bits per heavy atom. The number of esters is 1. The monoisotopic (exact) mass is 487 g/mol. The van der Waals surface area contributed by atoms with Crippen LogP contribution in [0.5, 0.6) is 0 Å². The van der Waals surface area contributed by atoms with Crippen LogP contribution in [-0.2, 0) is 14.8 Å². The highest BCUT2D eigenvalue weighted by Crippen LogP contribution is 2.38. The van der Waals surface area contributed by atoms with E-state index in [1.54, 1.807) is 30.3 Å². The number of rotatable bonds is 4. The number of benzene rings is 4. The quantitative estimate of drug-likeness (QED) is 0.298. The zero-order chi connectivity index (χ0) is 24.7. The molecule has 1 aliphatic rings. The second-order valence-electron chi connectivity index (χ2n) is 7.93. The molecule has 0 unspecified atom stereocenters. The van der Waals surface area contributed by atoms with Gasteiger partial charge in [0.1, 0.15) is 11.5 Å². The number of likely N-dealkylation sites (N-methyl/N-ethyl adjacent to an activating group) is 1. The first-order valence-corrected chi connectivity index (χ1v) is 12.1. The lowest BCUT2D eigenvalue weighted by molar-refractivity contribution is 0.0686. The second kappa shape index (κ2) is 8.48. The Morgan fingerprint density at radius 2 is 1.43 bits per heavy atom. The molecule has 0 bridgehead atoms. The lowest BCUT2D eigenvalue weighted by atomic mass is 10.0. The molecule has 0 radical (unpaired) electrons. The molecule has 174 valence electrons. The third-order valence-corrected chi connectivity index (χ3v) is 7.62. The maximum absolute atomic E-state index is 13.7. The van der Waals surface area contributed by atoms with Gasteiger partial charge in [0.2, 0.25) is 5.78 Å². The fraction of sp³-hybridized carbons (Fsp3) is 0.0370. The van der Waals surface area contributed by atoms with Crippen LogP contribution >= 0.6 is 0 Å². The van der Waals surface area contributed by atoms with Gasteiger partial charge in [-0.25, -0.2) is 17.6 Å². The van der Waals surface area contributed by atoms with Crippen molar-refractivity contribution in [2.45, 2.75) is 4.90 Å². The van der Waals surface area contributed by atoms with Crippen LogP contribution in [0.2, 0.25) is 0 Å². The molecule has 8 heteroatoms. The number of ketones is 1. The number of halogens is 1. The van der Waals surface area contributed by atoms with E-state index >= 15 is 0 Å². The number of carbonyl (C=O) groups excluding carboxylic acids is 2. The van der Waals surface area contributed by atoms with Gasteiger partial charge in [-0.2, -0.15) is 0 Å². The number of nitrogens with zero attached hydrogens (tertiary/aromatic N) is 1. The molecule has 0 fully saturated rings. The SMILES string of the molecule is CN1C(C(=O)c2ccc3ccccc3c2)=C(OC(=O)c2ccc(F)cc2)c2ccccc2S1(=O)=O. The zero-order valence-electron chi connectivity index (χ0n) is 18.4. The first-order chi connectivity index (χ1) is 16.8. The maximum atomic E-state index is 13.7. The van der Waals surface area contributed by atoms with E-state index in [4.69, 9.17) is 4.74 Å². The predicted octanol–water partition coefficient (Wildman–Crippen LogP) is 5.02. The number of hydrogen-bond acceptors (Lipinski definition) is 5. The zero-order valence-corrected chi connectivity index (χ0v) is 19.3. The van der Waals surface area contributed by atoms with E-state index in [0.29, 0.717) is 0 Å². The Morgan fingerprint density at radius 3 is 2.17 bits per heavy atom. The minimum atomic E-state index is -4.09. The lowest BCUT2D eigenvalue weighted by Gasteiger charge is -2.30. The Hall–Kier alpha value is -4.30. The van der Waals surface area contributed by atoms with Gasteiger partial charge in [-0.1, -0.05) is 48.5 Å². The Balaban J connectivity index is 1.69. The molecule has 0 aliphatic carbocycles. The summed E-state index contributed by atoms with van der Waals surface area (Å²) in [6.07, 6.45) is 0. The summed E-state index contributed by atoms with van der Waals surface area (Å²) in [6.45, 7) is 0. The summed E-state index contributed by atoms with van der Waals surface area (Å²) >= 11 is 0. The van der Waals surface area contributed by atoms with Crippen molar-refractivity contribution in [3.8, 4) is 0 Å². The topological polar surface area (TPSA) is 80.8 Å². The number of fused-ring (bicyclic) bond motifs is 2. The van der Waals surface area contributed by atoms with Crippen LogP contribution in [0.15, 0.2) is 102 Å². The van der Waals surface area contributed by atoms with E-state index in [-0.39, 0.29) is 33.0 Å². The normalized spacial score (nSPS) is 14.5. The third kappa shape index (κ3) is 3.87. The van der Waals surface area contributed by atoms with Crippen molar-refractivity contribution in [3.05, 3.63) is 119 Å². The molecule has 6 nitrogen and oxygen atoms in total. The van der Waals surface area contributed by atoms with Gasteiger partial charge in [0, 0.05) is 18.2 Å². The van der Waals surface area contributed by atoms with Crippen LogP contribution in [0.4, 0.5) is 4.39 Å². The predicted molar refractivity (Wildman–Crippen MR) is 128 cm³/mol. The van der Waals surface area contributed by atoms with Gasteiger partial charge in [-0.05, 0) is 53.2 Å². The summed E-state index contributed by atoms with van der Waals surface area (Å²) in [5, 5.41) is 1.71. The van der Waals surface area contributed by atoms with E-state index in [0.717, 1.165) is 27.2 Å². The number of carbonyl (C=O) groups is 2. The molecule has 0 spiro atoms. The number of allylic oxidation sites excluding steroid dienone is 1. The van der Waals surface area contributed by atoms with E-state index < -0.39 is 27.6 Å². The van der Waals surface area contributed by atoms with Crippen molar-refractivity contribution in [3.63, 3.8) is 0 Å². The molecule has 0 amide bonds. The Kier molecular flexibility index (Phi) is 5.45. The highest BCUT2D eigenvalue weighted by molar-refractivity contribution is 7.89. The van der Waals surface area contributed by atoms with E-state index in [2.05, 4.69) is 0 Å². The van der Waals surface area contributed by atoms with Crippen molar-refractivity contribution in [1.82, 2.24) is 4.31 Å². The largest absolute Gasteiger partial charge is 0.420 e. The molecular formula is C27H18FNO5S. The van der Waals surface area contributed by atoms with Crippen molar-refractivity contribution in [2.75, 3.05) is 7.05 Å². The number of sulfonamides is 1. The average molecular weight is 488 g/mol. The summed E-state index contributed by atoms with van der Waals surface area (Å²) in [5.41, 5.74) is 0.0695. The van der Waals surface area contributed by atoms with Crippen molar-refractivity contribution in [2.24, 2.45) is 0 Å². The molecule has 0 N–H and O–H groups in total. The Bertz CT molecular complexity index is 1640. The fourth-order valence-electron chi connectivity index (χ4n) is 3.97. The molecule has 5 rings (SSSR count). The van der Waals surface area contributed by atoms with Gasteiger partial charge in [-0.15, -0.1) is 0 Å². The van der Waals surface area contributed by atoms with Crippen LogP contribution in [0.1, 0.15) is 26.3 Å². The van der Waals surface area contributed by atoms with Gasteiger partial charge in [0.05, 0.1) is 10.5 Å². The van der Waals surface area contributed by atoms with E-state index in [1.807, 2.05) is 24.3 Å². The highest BCUT2D eigenvalue weighted by Gasteiger charge is 2.39. The van der Waals surface area contributed by atoms with Crippen LogP contribution in [0.25, 0.3) is 16.5 Å². The van der Waals surface area contributed by atoms with Gasteiger partial charge in [0.15, 0.2) is 5.76 Å². The Labute approximate surface area is 200 Å². The van der Waals surface area contributed by atoms with Gasteiger partial charge >= 0.3 is 5.97 Å². The molecule has 0 aromatic heterocycles. The van der Waals surface area contributed by atoms with Crippen LogP contribution < -0.4 is 0 Å². The van der Waals surface area contributed by atoms with Gasteiger partial charge in [-0.3, -0.25) is 9.10 Å². The van der Waals surface area contributed by atoms with E-state index in [1.165, 1.54) is 31.3 Å². The minimum absolute atomic E-state index is 0.0463. The first-order valence-electron chi connectivity index (χ1n) is 10.6. The molecule has 1 aliphatic heterocycles. The van der Waals surface area contributed by atoms with Crippen LogP contribution in [0.3, 0.4) is 0 Å². The number of Topliss-reactive ketones (excluding diaryl/α,β-unsaturated/α-hetero) is 1. The van der Waals surface area contributed by atoms with Crippen molar-refractivity contribution in [1.29, 1.82) is 0 Å². The summed E-state index contributed by atoms with van der Waals surface area (Å²) in [7, 11) is -2.85. The minimum Gasteiger partial charge on any atom is -0.420 e. The van der Waals surface area contributed by atoms with Crippen molar-refractivity contribution < 1.29 is 27.1 Å². The first kappa shape index (κ1) is 22.5. The lowest BCUT2D eigenvalue weighted by Crippen LogP contribution is -2.36. The molecule has 4 aromatic carbocycles. The molecule has 0 saturated carbocycles.